The van der Waals surface area contributed by atoms with Crippen molar-refractivity contribution in [2.75, 3.05) is 12.0 Å². The molecule has 5 nitrogen and oxygen atoms in total. The van der Waals surface area contributed by atoms with E-state index in [0.717, 1.165) is 5.69 Å². The fourth-order valence-electron chi connectivity index (χ4n) is 1.53. The van der Waals surface area contributed by atoms with Crippen molar-refractivity contribution < 1.29 is 8.42 Å². The van der Waals surface area contributed by atoms with Crippen molar-refractivity contribution in [3.63, 3.8) is 0 Å². The van der Waals surface area contributed by atoms with Gasteiger partial charge in [-0.2, -0.15) is 0 Å². The van der Waals surface area contributed by atoms with E-state index < -0.39 is 15.4 Å². The summed E-state index contributed by atoms with van der Waals surface area (Å²) < 4.78 is 22.5. The second kappa shape index (κ2) is 3.23. The standard InChI is InChI=1S/C8H11N3O2S/c9-14(12,13)8-6-3-1-2-4-7(6)10-5-11-8/h1-4,8,10-11H,5H2,(H2,9,12,13). The van der Waals surface area contributed by atoms with Crippen molar-refractivity contribution in [2.24, 2.45) is 5.14 Å². The number of primary sulfonamides is 1. The molecular formula is C8H11N3O2S. The van der Waals surface area contributed by atoms with E-state index in [-0.39, 0.29) is 0 Å². The maximum atomic E-state index is 11.2. The second-order valence-electron chi connectivity index (χ2n) is 3.11. The van der Waals surface area contributed by atoms with Crippen molar-refractivity contribution in [1.82, 2.24) is 5.32 Å². The van der Waals surface area contributed by atoms with E-state index in [0.29, 0.717) is 12.2 Å². The molecule has 0 aromatic heterocycles. The van der Waals surface area contributed by atoms with Crippen LogP contribution in [0.4, 0.5) is 5.69 Å². The summed E-state index contributed by atoms with van der Waals surface area (Å²) in [6, 6.07) is 7.20. The molecule has 1 unspecified atom stereocenters. The lowest BCUT2D eigenvalue weighted by Gasteiger charge is -2.26. The molecule has 6 heteroatoms. The summed E-state index contributed by atoms with van der Waals surface area (Å²) >= 11 is 0. The van der Waals surface area contributed by atoms with Gasteiger partial charge in [-0.25, -0.2) is 13.6 Å². The molecule has 2 rings (SSSR count). The fourth-order valence-corrected chi connectivity index (χ4v) is 2.40. The summed E-state index contributed by atoms with van der Waals surface area (Å²) in [6.45, 7) is 0.401. The van der Waals surface area contributed by atoms with Crippen molar-refractivity contribution in [1.29, 1.82) is 0 Å². The predicted octanol–water partition coefficient (Wildman–Crippen LogP) is -0.0537. The van der Waals surface area contributed by atoms with Gasteiger partial charge in [0.15, 0.2) is 5.37 Å². The number of fused-ring (bicyclic) bond motifs is 1. The largest absolute Gasteiger partial charge is 0.372 e. The van der Waals surface area contributed by atoms with Crippen LogP contribution in [0.2, 0.25) is 0 Å². The number of nitrogens with one attached hydrogen (secondary N) is 2. The van der Waals surface area contributed by atoms with Crippen LogP contribution < -0.4 is 15.8 Å². The molecule has 1 atom stereocenters. The minimum atomic E-state index is -3.59. The maximum Gasteiger partial charge on any atom is 0.229 e. The Morgan fingerprint density at radius 3 is 2.79 bits per heavy atom. The number of hydrogen-bond acceptors (Lipinski definition) is 4. The van der Waals surface area contributed by atoms with Crippen LogP contribution in [-0.2, 0) is 10.0 Å². The fraction of sp³-hybridized carbons (Fsp3) is 0.250. The Balaban J connectivity index is 2.51. The summed E-state index contributed by atoms with van der Waals surface area (Å²) in [6.07, 6.45) is 0. The highest BCUT2D eigenvalue weighted by Gasteiger charge is 2.27. The molecule has 0 saturated heterocycles. The average Bonchev–Trinajstić information content (AvgIpc) is 2.15. The summed E-state index contributed by atoms with van der Waals surface area (Å²) in [4.78, 5) is 0. The Kier molecular flexibility index (Phi) is 2.18. The smallest absolute Gasteiger partial charge is 0.229 e. The maximum absolute atomic E-state index is 11.2. The monoisotopic (exact) mass is 213 g/mol. The highest BCUT2D eigenvalue weighted by molar-refractivity contribution is 7.89. The normalized spacial score (nSPS) is 21.1. The van der Waals surface area contributed by atoms with Gasteiger partial charge in [0.25, 0.3) is 0 Å². The van der Waals surface area contributed by atoms with Crippen molar-refractivity contribution in [3.05, 3.63) is 29.8 Å². The first-order valence-corrected chi connectivity index (χ1v) is 5.78. The van der Waals surface area contributed by atoms with Gasteiger partial charge in [-0.05, 0) is 6.07 Å². The zero-order chi connectivity index (χ0) is 10.2. The van der Waals surface area contributed by atoms with E-state index in [2.05, 4.69) is 10.6 Å². The molecule has 1 heterocycles. The summed E-state index contributed by atoms with van der Waals surface area (Å²) in [5.74, 6) is 0. The summed E-state index contributed by atoms with van der Waals surface area (Å²) in [5.41, 5.74) is 1.48. The van der Waals surface area contributed by atoms with Crippen LogP contribution in [0.3, 0.4) is 0 Å². The third-order valence-corrected chi connectivity index (χ3v) is 3.22. The Hall–Kier alpha value is -1.11. The van der Waals surface area contributed by atoms with Gasteiger partial charge < -0.3 is 5.32 Å². The molecule has 0 amide bonds. The number of nitrogens with two attached hydrogens (primary N) is 1. The minimum absolute atomic E-state index is 0.401. The van der Waals surface area contributed by atoms with E-state index in [9.17, 15) is 8.42 Å². The summed E-state index contributed by atoms with van der Waals surface area (Å²) in [5, 5.41) is 10.1. The Bertz CT molecular complexity index is 444. The van der Waals surface area contributed by atoms with E-state index in [1.165, 1.54) is 0 Å². The van der Waals surface area contributed by atoms with E-state index in [4.69, 9.17) is 5.14 Å². The third-order valence-electron chi connectivity index (χ3n) is 2.14. The topological polar surface area (TPSA) is 84.2 Å². The van der Waals surface area contributed by atoms with Crippen LogP contribution in [0.5, 0.6) is 0 Å². The molecule has 0 aliphatic carbocycles. The van der Waals surface area contributed by atoms with Crippen LogP contribution in [0.1, 0.15) is 10.9 Å². The zero-order valence-corrected chi connectivity index (χ0v) is 8.21. The van der Waals surface area contributed by atoms with Gasteiger partial charge in [-0.3, -0.25) is 5.32 Å². The van der Waals surface area contributed by atoms with Gasteiger partial charge in [0.05, 0.1) is 6.67 Å². The van der Waals surface area contributed by atoms with Gasteiger partial charge >= 0.3 is 0 Å². The molecule has 1 aromatic carbocycles. The quantitative estimate of drug-likeness (QED) is 0.610. The number of para-hydroxylation sites is 1. The van der Waals surface area contributed by atoms with Gasteiger partial charge in [-0.15, -0.1) is 0 Å². The Morgan fingerprint density at radius 2 is 2.07 bits per heavy atom. The Morgan fingerprint density at radius 1 is 1.36 bits per heavy atom. The molecule has 76 valence electrons. The molecule has 0 radical (unpaired) electrons. The zero-order valence-electron chi connectivity index (χ0n) is 7.40. The number of anilines is 1. The van der Waals surface area contributed by atoms with Crippen LogP contribution in [-0.4, -0.2) is 15.1 Å². The molecule has 0 saturated carbocycles. The van der Waals surface area contributed by atoms with Gasteiger partial charge in [0, 0.05) is 11.3 Å². The molecule has 1 aromatic rings. The lowest BCUT2D eigenvalue weighted by molar-refractivity contribution is 0.558. The first-order chi connectivity index (χ1) is 6.59. The number of hydrogen-bond donors (Lipinski definition) is 3. The molecule has 1 aliphatic heterocycles. The van der Waals surface area contributed by atoms with Crippen LogP contribution >= 0.6 is 0 Å². The van der Waals surface area contributed by atoms with Gasteiger partial charge in [-0.1, -0.05) is 18.2 Å². The molecule has 0 spiro atoms. The number of rotatable bonds is 1. The van der Waals surface area contributed by atoms with Gasteiger partial charge in [0.2, 0.25) is 10.0 Å². The van der Waals surface area contributed by atoms with Crippen LogP contribution in [0.15, 0.2) is 24.3 Å². The van der Waals surface area contributed by atoms with Crippen molar-refractivity contribution in [3.8, 4) is 0 Å². The van der Waals surface area contributed by atoms with Gasteiger partial charge in [0.1, 0.15) is 0 Å². The third kappa shape index (κ3) is 1.59. The highest BCUT2D eigenvalue weighted by Crippen LogP contribution is 2.27. The van der Waals surface area contributed by atoms with Crippen molar-refractivity contribution >= 4 is 15.7 Å². The van der Waals surface area contributed by atoms with Crippen LogP contribution in [0.25, 0.3) is 0 Å². The number of sulfonamides is 1. The molecule has 0 fully saturated rings. The molecule has 14 heavy (non-hydrogen) atoms. The minimum Gasteiger partial charge on any atom is -0.372 e. The lowest BCUT2D eigenvalue weighted by Crippen LogP contribution is -2.40. The first kappa shape index (κ1) is 9.45. The predicted molar refractivity (Wildman–Crippen MR) is 53.9 cm³/mol. The lowest BCUT2D eigenvalue weighted by atomic mass is 10.1. The van der Waals surface area contributed by atoms with E-state index >= 15 is 0 Å². The highest BCUT2D eigenvalue weighted by atomic mass is 32.2. The van der Waals surface area contributed by atoms with E-state index in [1.54, 1.807) is 12.1 Å². The first-order valence-electron chi connectivity index (χ1n) is 4.17. The summed E-state index contributed by atoms with van der Waals surface area (Å²) in [7, 11) is -3.59. The van der Waals surface area contributed by atoms with Crippen molar-refractivity contribution in [2.45, 2.75) is 5.37 Å². The van der Waals surface area contributed by atoms with E-state index in [1.807, 2.05) is 12.1 Å². The molecule has 1 aliphatic rings. The average molecular weight is 213 g/mol. The Labute approximate surface area is 82.4 Å². The van der Waals surface area contributed by atoms with Crippen LogP contribution in [0, 0.1) is 0 Å². The second-order valence-corrected chi connectivity index (χ2v) is 4.76. The molecular weight excluding hydrogens is 202 g/mol. The number of benzene rings is 1. The SMILES string of the molecule is NS(=O)(=O)C1NCNc2ccccc21. The molecule has 0 bridgehead atoms. The molecule has 4 N–H and O–H groups in total.